The second-order valence-electron chi connectivity index (χ2n) is 3.87. The van der Waals surface area contributed by atoms with Crippen LogP contribution in [0.1, 0.15) is 27.7 Å². The van der Waals surface area contributed by atoms with Gasteiger partial charge < -0.3 is 0 Å². The molecule has 0 bridgehead atoms. The highest BCUT2D eigenvalue weighted by molar-refractivity contribution is 5.27. The average Bonchev–Trinajstić information content (AvgIpc) is 2.01. The van der Waals surface area contributed by atoms with Gasteiger partial charge >= 0.3 is 0 Å². The number of hydrogen-bond acceptors (Lipinski definition) is 1. The summed E-state index contributed by atoms with van der Waals surface area (Å²) in [4.78, 5) is 2.18. The number of allylic oxidation sites excluding steroid dienone is 1. The van der Waals surface area contributed by atoms with Crippen molar-refractivity contribution >= 4 is 0 Å². The molecule has 12 heavy (non-hydrogen) atoms. The van der Waals surface area contributed by atoms with Gasteiger partial charge in [-0.3, -0.25) is 4.90 Å². The van der Waals surface area contributed by atoms with E-state index in [2.05, 4.69) is 53.3 Å². The Hall–Kier alpha value is -0.560. The largest absolute Gasteiger partial charge is 0.297 e. The Morgan fingerprint density at radius 1 is 1.25 bits per heavy atom. The van der Waals surface area contributed by atoms with Crippen LogP contribution < -0.4 is 0 Å². The fourth-order valence-corrected chi connectivity index (χ4v) is 1.18. The summed E-state index contributed by atoms with van der Waals surface area (Å²) >= 11 is 0. The fraction of sp³-hybridized carbons (Fsp3) is 0.636. The van der Waals surface area contributed by atoms with Gasteiger partial charge in [0.05, 0.1) is 5.54 Å². The molecule has 70 valence electrons. The second-order valence-corrected chi connectivity index (χ2v) is 3.87. The molecule has 0 rings (SSSR count). The van der Waals surface area contributed by atoms with Gasteiger partial charge in [-0.05, 0) is 41.8 Å². The van der Waals surface area contributed by atoms with Crippen molar-refractivity contribution in [2.75, 3.05) is 14.1 Å². The van der Waals surface area contributed by atoms with Gasteiger partial charge in [0.15, 0.2) is 0 Å². The standard InChI is InChI=1S/C11H21N/c1-8-11(5,12(6)7)10(4)9(2)3/h8H,1H2,2-7H3. The molecule has 0 saturated carbocycles. The lowest BCUT2D eigenvalue weighted by molar-refractivity contribution is 0.269. The van der Waals surface area contributed by atoms with Gasteiger partial charge in [-0.15, -0.1) is 6.58 Å². The number of rotatable bonds is 3. The minimum Gasteiger partial charge on any atom is -0.297 e. The predicted molar refractivity (Wildman–Crippen MR) is 56.3 cm³/mol. The summed E-state index contributed by atoms with van der Waals surface area (Å²) in [7, 11) is 4.16. The molecule has 1 atom stereocenters. The Balaban J connectivity index is 5.03. The van der Waals surface area contributed by atoms with Crippen LogP contribution in [0.3, 0.4) is 0 Å². The molecule has 0 aromatic rings. The van der Waals surface area contributed by atoms with Crippen molar-refractivity contribution in [3.8, 4) is 0 Å². The molecule has 0 aromatic carbocycles. The van der Waals surface area contributed by atoms with E-state index in [0.29, 0.717) is 0 Å². The topological polar surface area (TPSA) is 3.24 Å². The molecule has 1 unspecified atom stereocenters. The molecule has 0 spiro atoms. The van der Waals surface area contributed by atoms with Gasteiger partial charge in [0, 0.05) is 0 Å². The second kappa shape index (κ2) is 3.90. The highest BCUT2D eigenvalue weighted by Crippen LogP contribution is 2.25. The maximum atomic E-state index is 3.88. The average molecular weight is 167 g/mol. The van der Waals surface area contributed by atoms with Crippen LogP contribution in [0.25, 0.3) is 0 Å². The SMILES string of the molecule is C=CC(C)(C(C)=C(C)C)N(C)C. The van der Waals surface area contributed by atoms with E-state index in [-0.39, 0.29) is 5.54 Å². The third kappa shape index (κ3) is 1.98. The van der Waals surface area contributed by atoms with Crippen LogP contribution in [-0.2, 0) is 0 Å². The molecule has 0 fully saturated rings. The molecule has 0 amide bonds. The van der Waals surface area contributed by atoms with Crippen molar-refractivity contribution in [2.24, 2.45) is 0 Å². The van der Waals surface area contributed by atoms with Gasteiger partial charge in [-0.2, -0.15) is 0 Å². The molecule has 0 aromatic heterocycles. The van der Waals surface area contributed by atoms with Crippen LogP contribution in [0.4, 0.5) is 0 Å². The van der Waals surface area contributed by atoms with Gasteiger partial charge in [-0.1, -0.05) is 17.2 Å². The molecule has 0 radical (unpaired) electrons. The molecular formula is C11H21N. The fourth-order valence-electron chi connectivity index (χ4n) is 1.18. The van der Waals surface area contributed by atoms with Crippen LogP contribution in [0.2, 0.25) is 0 Å². The monoisotopic (exact) mass is 167 g/mol. The third-order valence-corrected chi connectivity index (χ3v) is 2.84. The van der Waals surface area contributed by atoms with Crippen molar-refractivity contribution in [1.29, 1.82) is 0 Å². The number of hydrogen-bond donors (Lipinski definition) is 0. The smallest absolute Gasteiger partial charge is 0.0568 e. The summed E-state index contributed by atoms with van der Waals surface area (Å²) in [6.07, 6.45) is 2.00. The van der Waals surface area contributed by atoms with E-state index in [0.717, 1.165) is 0 Å². The first-order valence-electron chi connectivity index (χ1n) is 4.31. The highest BCUT2D eigenvalue weighted by atomic mass is 15.1. The number of likely N-dealkylation sites (N-methyl/N-ethyl adjacent to an activating group) is 1. The summed E-state index contributed by atoms with van der Waals surface area (Å²) in [6, 6.07) is 0. The zero-order valence-electron chi connectivity index (χ0n) is 9.23. The van der Waals surface area contributed by atoms with E-state index < -0.39 is 0 Å². The van der Waals surface area contributed by atoms with Gasteiger partial charge in [0.2, 0.25) is 0 Å². The third-order valence-electron chi connectivity index (χ3n) is 2.84. The Morgan fingerprint density at radius 3 is 1.75 bits per heavy atom. The summed E-state index contributed by atoms with van der Waals surface area (Å²) in [5.74, 6) is 0. The molecular weight excluding hydrogens is 146 g/mol. The maximum absolute atomic E-state index is 3.88. The zero-order chi connectivity index (χ0) is 9.94. The van der Waals surface area contributed by atoms with Gasteiger partial charge in [0.25, 0.3) is 0 Å². The molecule has 0 aliphatic rings. The molecule has 1 heteroatoms. The van der Waals surface area contributed by atoms with E-state index in [1.807, 2.05) is 6.08 Å². The Labute approximate surface area is 76.8 Å². The molecule has 0 aliphatic heterocycles. The van der Waals surface area contributed by atoms with E-state index >= 15 is 0 Å². The molecule has 1 nitrogen and oxygen atoms in total. The van der Waals surface area contributed by atoms with Crippen molar-refractivity contribution < 1.29 is 0 Å². The van der Waals surface area contributed by atoms with Crippen molar-refractivity contribution in [3.05, 3.63) is 23.8 Å². The summed E-state index contributed by atoms with van der Waals surface area (Å²) in [6.45, 7) is 12.5. The first kappa shape index (κ1) is 11.4. The molecule has 0 aliphatic carbocycles. The first-order valence-corrected chi connectivity index (χ1v) is 4.31. The van der Waals surface area contributed by atoms with Gasteiger partial charge in [0.1, 0.15) is 0 Å². The normalized spacial score (nSPS) is 15.6. The summed E-state index contributed by atoms with van der Waals surface area (Å²) in [5.41, 5.74) is 2.74. The lowest BCUT2D eigenvalue weighted by Crippen LogP contribution is -2.40. The van der Waals surface area contributed by atoms with Crippen molar-refractivity contribution in [1.82, 2.24) is 4.90 Å². The van der Waals surface area contributed by atoms with Crippen LogP contribution in [0.5, 0.6) is 0 Å². The highest BCUT2D eigenvalue weighted by Gasteiger charge is 2.25. The minimum atomic E-state index is -0.00116. The lowest BCUT2D eigenvalue weighted by atomic mass is 9.89. The Bertz CT molecular complexity index is 197. The van der Waals surface area contributed by atoms with Crippen LogP contribution >= 0.6 is 0 Å². The Morgan fingerprint density at radius 2 is 1.67 bits per heavy atom. The first-order chi connectivity index (χ1) is 5.36. The zero-order valence-corrected chi connectivity index (χ0v) is 9.23. The lowest BCUT2D eigenvalue weighted by Gasteiger charge is -2.35. The summed E-state index contributed by atoms with van der Waals surface area (Å²) in [5, 5.41) is 0. The van der Waals surface area contributed by atoms with Crippen LogP contribution in [0, 0.1) is 0 Å². The quantitative estimate of drug-likeness (QED) is 0.584. The minimum absolute atomic E-state index is 0.00116. The van der Waals surface area contributed by atoms with Crippen LogP contribution in [-0.4, -0.2) is 24.5 Å². The maximum Gasteiger partial charge on any atom is 0.0568 e. The number of nitrogens with zero attached hydrogens (tertiary/aromatic N) is 1. The molecule has 0 saturated heterocycles. The van der Waals surface area contributed by atoms with Gasteiger partial charge in [-0.25, -0.2) is 0 Å². The van der Waals surface area contributed by atoms with Crippen LogP contribution in [0.15, 0.2) is 23.8 Å². The van der Waals surface area contributed by atoms with Crippen molar-refractivity contribution in [3.63, 3.8) is 0 Å². The van der Waals surface area contributed by atoms with Crippen molar-refractivity contribution in [2.45, 2.75) is 33.2 Å². The molecule has 0 N–H and O–H groups in total. The summed E-state index contributed by atoms with van der Waals surface area (Å²) < 4.78 is 0. The van der Waals surface area contributed by atoms with E-state index in [1.165, 1.54) is 11.1 Å². The van der Waals surface area contributed by atoms with E-state index in [4.69, 9.17) is 0 Å². The van der Waals surface area contributed by atoms with E-state index in [9.17, 15) is 0 Å². The van der Waals surface area contributed by atoms with E-state index in [1.54, 1.807) is 0 Å². The Kier molecular flexibility index (Phi) is 3.72. The molecule has 0 heterocycles. The predicted octanol–water partition coefficient (Wildman–Crippen LogP) is 2.85.